The third kappa shape index (κ3) is 4.32. The van der Waals surface area contributed by atoms with E-state index in [4.69, 9.17) is 9.97 Å². The molecule has 1 aliphatic carbocycles. The van der Waals surface area contributed by atoms with E-state index in [1.807, 2.05) is 60.7 Å². The first-order valence-electron chi connectivity index (χ1n) is 17.5. The van der Waals surface area contributed by atoms with Crippen molar-refractivity contribution in [1.82, 2.24) is 14.5 Å². The van der Waals surface area contributed by atoms with E-state index in [9.17, 15) is 0 Å². The normalized spacial score (nSPS) is 13.2. The van der Waals surface area contributed by atoms with Crippen molar-refractivity contribution in [2.45, 2.75) is 5.41 Å². The summed E-state index contributed by atoms with van der Waals surface area (Å²) in [7, 11) is -3.27. The van der Waals surface area contributed by atoms with Gasteiger partial charge in [0, 0.05) is 39.5 Å². The summed E-state index contributed by atoms with van der Waals surface area (Å²) in [5.41, 5.74) is 8.25. The van der Waals surface area contributed by atoms with Gasteiger partial charge in [0.05, 0.1) is 16.3 Å². The zero-order chi connectivity index (χ0) is 34.7. The summed E-state index contributed by atoms with van der Waals surface area (Å²) in [6.45, 7) is 0. The molecule has 52 heavy (non-hydrogen) atoms. The van der Waals surface area contributed by atoms with Gasteiger partial charge in [-0.25, -0.2) is 9.97 Å². The fourth-order valence-electron chi connectivity index (χ4n) is 8.38. The second-order valence-corrected chi connectivity index (χ2v) is 16.1. The number of fused-ring (bicyclic) bond motifs is 6. The zero-order valence-electron chi connectivity index (χ0n) is 28.2. The number of para-hydroxylation sites is 2. The highest BCUT2D eigenvalue weighted by molar-refractivity contribution is 7.85. The van der Waals surface area contributed by atoms with Gasteiger partial charge >= 0.3 is 0 Å². The van der Waals surface area contributed by atoms with Crippen molar-refractivity contribution in [2.24, 2.45) is 0 Å². The summed E-state index contributed by atoms with van der Waals surface area (Å²) in [6, 6.07) is 62.6. The van der Waals surface area contributed by atoms with Gasteiger partial charge in [0.2, 0.25) is 0 Å². The van der Waals surface area contributed by atoms with Crippen LogP contribution in [0.1, 0.15) is 22.5 Å². The summed E-state index contributed by atoms with van der Waals surface area (Å²) < 4.78 is 17.6. The van der Waals surface area contributed by atoms with Gasteiger partial charge in [-0.05, 0) is 58.1 Å². The first kappa shape index (κ1) is 30.5. The molecule has 5 heteroatoms. The maximum absolute atomic E-state index is 15.3. The number of hydrogen-bond acceptors (Lipinski definition) is 3. The van der Waals surface area contributed by atoms with Gasteiger partial charge < -0.3 is 9.13 Å². The largest absolute Gasteiger partial charge is 0.309 e. The third-order valence-corrected chi connectivity index (χ3v) is 13.7. The number of hydrogen-bond donors (Lipinski definition) is 0. The fraction of sp³-hybridized carbons (Fsp3) is 0.0213. The van der Waals surface area contributed by atoms with Crippen LogP contribution in [0.3, 0.4) is 0 Å². The monoisotopic (exact) mass is 685 g/mol. The molecule has 0 atom stereocenters. The van der Waals surface area contributed by atoms with Gasteiger partial charge in [-0.3, -0.25) is 0 Å². The minimum absolute atomic E-state index is 0.602. The highest BCUT2D eigenvalue weighted by Crippen LogP contribution is 2.55. The number of benzene rings is 7. The van der Waals surface area contributed by atoms with Crippen LogP contribution in [0.4, 0.5) is 0 Å². The maximum atomic E-state index is 15.3. The topological polar surface area (TPSA) is 47.8 Å². The molecule has 7 aromatic carbocycles. The van der Waals surface area contributed by atoms with Crippen LogP contribution in [-0.4, -0.2) is 14.5 Å². The average molecular weight is 686 g/mol. The molecule has 0 radical (unpaired) electrons. The van der Waals surface area contributed by atoms with E-state index in [0.29, 0.717) is 11.1 Å². The van der Waals surface area contributed by atoms with Crippen molar-refractivity contribution in [2.75, 3.05) is 0 Å². The molecule has 0 saturated heterocycles. The molecule has 0 bridgehead atoms. The Balaban J connectivity index is 1.25. The Morgan fingerprint density at radius 1 is 0.462 bits per heavy atom. The van der Waals surface area contributed by atoms with E-state index < -0.39 is 12.6 Å². The first-order valence-corrected chi connectivity index (χ1v) is 19.2. The van der Waals surface area contributed by atoms with Gasteiger partial charge in [0.25, 0.3) is 0 Å². The Bertz CT molecular complexity index is 2720. The number of aromatic nitrogens is 3. The predicted molar refractivity (Wildman–Crippen MR) is 213 cm³/mol. The minimum Gasteiger partial charge on any atom is -0.309 e. The minimum atomic E-state index is -3.27. The molecule has 10 rings (SSSR count). The van der Waals surface area contributed by atoms with Crippen molar-refractivity contribution in [3.8, 4) is 16.8 Å². The molecule has 2 heterocycles. The summed E-state index contributed by atoms with van der Waals surface area (Å²) >= 11 is 0. The summed E-state index contributed by atoms with van der Waals surface area (Å²) in [6.07, 6.45) is 3.60. The van der Waals surface area contributed by atoms with Gasteiger partial charge in [-0.15, -0.1) is 0 Å². The molecule has 0 fully saturated rings. The summed E-state index contributed by atoms with van der Waals surface area (Å²) in [4.78, 5) is 10.5. The highest BCUT2D eigenvalue weighted by Gasteiger charge is 2.48. The molecule has 0 saturated carbocycles. The Morgan fingerprint density at radius 2 is 0.962 bits per heavy atom. The van der Waals surface area contributed by atoms with Crippen molar-refractivity contribution in [3.63, 3.8) is 0 Å². The second-order valence-electron chi connectivity index (χ2n) is 13.3. The Hall–Kier alpha value is -6.35. The van der Waals surface area contributed by atoms with E-state index in [-0.39, 0.29) is 0 Å². The smallest absolute Gasteiger partial charge is 0.174 e. The summed E-state index contributed by atoms with van der Waals surface area (Å²) in [5.74, 6) is 0.646. The lowest BCUT2D eigenvalue weighted by atomic mass is 9.71. The van der Waals surface area contributed by atoms with E-state index in [2.05, 4.69) is 126 Å². The van der Waals surface area contributed by atoms with E-state index in [1.165, 1.54) is 5.39 Å². The Labute approximate surface area is 302 Å². The predicted octanol–water partition coefficient (Wildman–Crippen LogP) is 9.58. The standard InChI is InChI=1S/C47H32N3OP/c51-52(35-18-6-2-7-19-35,36-20-8-3-9-21-36)37-31-48-46(49-32-37)47(42-25-13-10-22-38(42)39-23-11-14-26-43(39)47)33-28-29-45-41(30-33)40-24-12-15-27-44(40)50(45)34-16-4-1-5-17-34/h1-32H. The van der Waals surface area contributed by atoms with Crippen molar-refractivity contribution in [3.05, 3.63) is 217 Å². The highest BCUT2D eigenvalue weighted by atomic mass is 31.2. The molecule has 246 valence electrons. The molecule has 0 spiro atoms. The van der Waals surface area contributed by atoms with E-state index >= 15 is 4.57 Å². The van der Waals surface area contributed by atoms with Gasteiger partial charge in [-0.2, -0.15) is 0 Å². The molecule has 0 aliphatic heterocycles. The van der Waals surface area contributed by atoms with E-state index in [1.54, 1.807) is 12.4 Å². The van der Waals surface area contributed by atoms with Crippen molar-refractivity contribution >= 4 is 44.9 Å². The summed E-state index contributed by atoms with van der Waals surface area (Å²) in [5, 5.41) is 4.45. The molecular formula is C47H32N3OP. The zero-order valence-corrected chi connectivity index (χ0v) is 29.1. The van der Waals surface area contributed by atoms with Crippen LogP contribution in [-0.2, 0) is 9.98 Å². The molecule has 0 unspecified atom stereocenters. The van der Waals surface area contributed by atoms with Crippen molar-refractivity contribution in [1.29, 1.82) is 0 Å². The Kier molecular flexibility index (Phi) is 6.96. The molecule has 0 amide bonds. The molecular weight excluding hydrogens is 654 g/mol. The van der Waals surface area contributed by atoms with Crippen LogP contribution in [0.25, 0.3) is 38.6 Å². The fourth-order valence-corrected chi connectivity index (χ4v) is 10.9. The van der Waals surface area contributed by atoms with Crippen LogP contribution in [0, 0.1) is 0 Å². The lowest BCUT2D eigenvalue weighted by Crippen LogP contribution is -2.33. The molecule has 0 N–H and O–H groups in total. The molecule has 4 nitrogen and oxygen atoms in total. The van der Waals surface area contributed by atoms with Crippen LogP contribution in [0.15, 0.2) is 194 Å². The maximum Gasteiger partial charge on any atom is 0.174 e. The van der Waals surface area contributed by atoms with Crippen molar-refractivity contribution < 1.29 is 4.57 Å². The number of nitrogens with zero attached hydrogens (tertiary/aromatic N) is 3. The second kappa shape index (κ2) is 11.9. The average Bonchev–Trinajstić information content (AvgIpc) is 3.72. The molecule has 1 aliphatic rings. The van der Waals surface area contributed by atoms with Gasteiger partial charge in [0.1, 0.15) is 11.2 Å². The first-order chi connectivity index (χ1) is 25.7. The Morgan fingerprint density at radius 3 is 1.58 bits per heavy atom. The third-order valence-electron chi connectivity index (χ3n) is 10.6. The quantitative estimate of drug-likeness (QED) is 0.164. The van der Waals surface area contributed by atoms with Crippen LogP contribution < -0.4 is 15.9 Å². The number of rotatable bonds is 6. The molecule has 2 aromatic heterocycles. The van der Waals surface area contributed by atoms with Crippen LogP contribution >= 0.6 is 7.14 Å². The van der Waals surface area contributed by atoms with E-state index in [0.717, 1.165) is 60.5 Å². The SMILES string of the molecule is O=P(c1ccccc1)(c1ccccc1)c1cnc(C2(c3ccc4c(c3)c3ccccc3n4-c3ccccc3)c3ccccc3-c3ccccc32)nc1. The van der Waals surface area contributed by atoms with Gasteiger partial charge in [-0.1, -0.05) is 152 Å². The lowest BCUT2D eigenvalue weighted by molar-refractivity contribution is 0.592. The van der Waals surface area contributed by atoms with Crippen LogP contribution in [0.2, 0.25) is 0 Å². The van der Waals surface area contributed by atoms with Gasteiger partial charge in [0.15, 0.2) is 7.14 Å². The molecule has 9 aromatic rings. The van der Waals surface area contributed by atoms with Crippen LogP contribution in [0.5, 0.6) is 0 Å². The lowest BCUT2D eigenvalue weighted by Gasteiger charge is -2.32.